The van der Waals surface area contributed by atoms with E-state index in [0.717, 1.165) is 0 Å². The molecule has 50 valence electrons. The molecule has 0 saturated carbocycles. The highest BCUT2D eigenvalue weighted by Gasteiger charge is 2.10. The van der Waals surface area contributed by atoms with Crippen LogP contribution in [0.25, 0.3) is 0 Å². The molecule has 0 saturated heterocycles. The zero-order chi connectivity index (χ0) is 6.97. The first-order valence-electron chi connectivity index (χ1n) is 3.95. The maximum atomic E-state index is 2.32. The Morgan fingerprint density at radius 3 is 3.20 bits per heavy atom. The van der Waals surface area contributed by atoms with E-state index in [1.165, 1.54) is 25.6 Å². The quantitative estimate of drug-likeness (QED) is 0.460. The summed E-state index contributed by atoms with van der Waals surface area (Å²) in [5.41, 5.74) is 4.56. The molecular formula is C9H11B. The lowest BCUT2D eigenvalue weighted by molar-refractivity contribution is 1.17. The summed E-state index contributed by atoms with van der Waals surface area (Å²) in [4.78, 5) is 0. The summed E-state index contributed by atoms with van der Waals surface area (Å²) in [5.74, 6) is 0. The van der Waals surface area contributed by atoms with Crippen molar-refractivity contribution >= 4 is 12.7 Å². The molecule has 0 radical (unpaired) electrons. The predicted molar refractivity (Wildman–Crippen MR) is 46.5 cm³/mol. The Morgan fingerprint density at radius 1 is 1.40 bits per heavy atom. The van der Waals surface area contributed by atoms with E-state index in [4.69, 9.17) is 0 Å². The Bertz CT molecular complexity index is 253. The van der Waals surface area contributed by atoms with Gasteiger partial charge in [-0.25, -0.2) is 0 Å². The van der Waals surface area contributed by atoms with Crippen LogP contribution in [-0.2, 0) is 6.42 Å². The number of hydrogen-bond acceptors (Lipinski definition) is 0. The zero-order valence-corrected chi connectivity index (χ0v) is 6.35. The number of fused-ring (bicyclic) bond motifs is 1. The lowest BCUT2D eigenvalue weighted by Crippen LogP contribution is -2.09. The van der Waals surface area contributed by atoms with Crippen molar-refractivity contribution in [2.24, 2.45) is 0 Å². The van der Waals surface area contributed by atoms with E-state index < -0.39 is 0 Å². The minimum absolute atomic E-state index is 1.30. The predicted octanol–water partition coefficient (Wildman–Crippen LogP) is 1.03. The Hall–Kier alpha value is -0.715. The summed E-state index contributed by atoms with van der Waals surface area (Å²) in [6.07, 6.45) is 2.66. The normalized spacial score (nSPS) is 14.5. The molecule has 1 heteroatoms. The van der Waals surface area contributed by atoms with Crippen molar-refractivity contribution in [1.82, 2.24) is 0 Å². The van der Waals surface area contributed by atoms with E-state index in [9.17, 15) is 0 Å². The van der Waals surface area contributed by atoms with Crippen LogP contribution in [0, 0.1) is 6.92 Å². The van der Waals surface area contributed by atoms with Gasteiger partial charge in [0.25, 0.3) is 0 Å². The molecule has 0 aliphatic carbocycles. The van der Waals surface area contributed by atoms with Crippen molar-refractivity contribution in [3.63, 3.8) is 0 Å². The molecule has 1 aliphatic rings. The van der Waals surface area contributed by atoms with Crippen molar-refractivity contribution in [2.75, 3.05) is 0 Å². The SMILES string of the molecule is Cc1ccc2c(c1)BCC2. The molecule has 1 heterocycles. The van der Waals surface area contributed by atoms with Gasteiger partial charge in [-0.05, 0) is 13.3 Å². The molecule has 0 N–H and O–H groups in total. The second-order valence-electron chi connectivity index (χ2n) is 3.13. The molecule has 0 nitrogen and oxygen atoms in total. The largest absolute Gasteiger partial charge is 0.158 e. The van der Waals surface area contributed by atoms with Crippen LogP contribution in [0.1, 0.15) is 11.1 Å². The van der Waals surface area contributed by atoms with Crippen LogP contribution in [0.3, 0.4) is 0 Å². The van der Waals surface area contributed by atoms with Gasteiger partial charge in [0.2, 0.25) is 0 Å². The molecule has 0 atom stereocenters. The molecule has 1 aliphatic heterocycles. The van der Waals surface area contributed by atoms with Gasteiger partial charge in [-0.1, -0.05) is 41.1 Å². The summed E-state index contributed by atoms with van der Waals surface area (Å²) in [7, 11) is 1.30. The van der Waals surface area contributed by atoms with E-state index in [1.807, 2.05) is 0 Å². The van der Waals surface area contributed by atoms with Gasteiger partial charge in [0, 0.05) is 0 Å². The Kier molecular flexibility index (Phi) is 1.30. The van der Waals surface area contributed by atoms with Gasteiger partial charge in [0.15, 0.2) is 7.28 Å². The minimum Gasteiger partial charge on any atom is -0.0811 e. The summed E-state index contributed by atoms with van der Waals surface area (Å²) in [6.45, 7) is 2.17. The summed E-state index contributed by atoms with van der Waals surface area (Å²) >= 11 is 0. The average molecular weight is 130 g/mol. The number of aryl methyl sites for hydroxylation is 2. The van der Waals surface area contributed by atoms with Crippen molar-refractivity contribution in [3.8, 4) is 0 Å². The third-order valence-corrected chi connectivity index (χ3v) is 2.25. The lowest BCUT2D eigenvalue weighted by atomic mass is 9.72. The third kappa shape index (κ3) is 0.861. The standard InChI is InChI=1S/C9H11B/c1-7-2-3-8-4-5-10-9(8)6-7/h2-3,6,10H,4-5H2,1H3. The van der Waals surface area contributed by atoms with Crippen LogP contribution in [0.2, 0.25) is 6.32 Å². The zero-order valence-electron chi connectivity index (χ0n) is 6.35. The van der Waals surface area contributed by atoms with E-state index in [1.54, 1.807) is 11.0 Å². The second-order valence-corrected chi connectivity index (χ2v) is 3.13. The molecule has 2 rings (SSSR count). The fraction of sp³-hybridized carbons (Fsp3) is 0.333. The first kappa shape index (κ1) is 6.02. The molecule has 0 aromatic heterocycles. The first-order valence-corrected chi connectivity index (χ1v) is 3.95. The molecule has 0 spiro atoms. The van der Waals surface area contributed by atoms with Gasteiger partial charge in [-0.3, -0.25) is 0 Å². The highest BCUT2D eigenvalue weighted by molar-refractivity contribution is 6.55. The van der Waals surface area contributed by atoms with E-state index in [-0.39, 0.29) is 0 Å². The smallest absolute Gasteiger partial charge is 0.0811 e. The van der Waals surface area contributed by atoms with Gasteiger partial charge >= 0.3 is 0 Å². The number of benzene rings is 1. The molecule has 0 unspecified atom stereocenters. The van der Waals surface area contributed by atoms with Crippen LogP contribution in [0.5, 0.6) is 0 Å². The van der Waals surface area contributed by atoms with Gasteiger partial charge in [-0.15, -0.1) is 0 Å². The first-order chi connectivity index (χ1) is 4.86. The van der Waals surface area contributed by atoms with Gasteiger partial charge < -0.3 is 0 Å². The molecule has 10 heavy (non-hydrogen) atoms. The van der Waals surface area contributed by atoms with Crippen LogP contribution >= 0.6 is 0 Å². The van der Waals surface area contributed by atoms with Crippen molar-refractivity contribution < 1.29 is 0 Å². The van der Waals surface area contributed by atoms with Crippen LogP contribution in [-0.4, -0.2) is 7.28 Å². The van der Waals surface area contributed by atoms with Crippen LogP contribution in [0.4, 0.5) is 0 Å². The highest BCUT2D eigenvalue weighted by Crippen LogP contribution is 2.09. The second kappa shape index (κ2) is 2.15. The topological polar surface area (TPSA) is 0 Å². The van der Waals surface area contributed by atoms with Gasteiger partial charge in [-0.2, -0.15) is 0 Å². The monoisotopic (exact) mass is 130 g/mol. The fourth-order valence-electron chi connectivity index (χ4n) is 1.70. The number of hydrogen-bond donors (Lipinski definition) is 0. The van der Waals surface area contributed by atoms with Gasteiger partial charge in [0.05, 0.1) is 0 Å². The summed E-state index contributed by atoms with van der Waals surface area (Å²) in [5, 5.41) is 0. The third-order valence-electron chi connectivity index (χ3n) is 2.25. The van der Waals surface area contributed by atoms with E-state index in [2.05, 4.69) is 25.1 Å². The van der Waals surface area contributed by atoms with Crippen molar-refractivity contribution in [2.45, 2.75) is 19.7 Å². The van der Waals surface area contributed by atoms with Crippen LogP contribution < -0.4 is 5.46 Å². The maximum absolute atomic E-state index is 2.32. The Morgan fingerprint density at radius 2 is 2.30 bits per heavy atom. The maximum Gasteiger partial charge on any atom is 0.158 e. The molecule has 0 fully saturated rings. The highest BCUT2D eigenvalue weighted by atomic mass is 14.0. The molecular weight excluding hydrogens is 119 g/mol. The van der Waals surface area contributed by atoms with E-state index in [0.29, 0.717) is 0 Å². The lowest BCUT2D eigenvalue weighted by Gasteiger charge is -1.98. The van der Waals surface area contributed by atoms with E-state index >= 15 is 0 Å². The minimum atomic E-state index is 1.30. The fourth-order valence-corrected chi connectivity index (χ4v) is 1.70. The van der Waals surface area contributed by atoms with Crippen LogP contribution in [0.15, 0.2) is 18.2 Å². The van der Waals surface area contributed by atoms with Crippen molar-refractivity contribution in [1.29, 1.82) is 0 Å². The number of rotatable bonds is 0. The molecule has 0 amide bonds. The molecule has 0 bridgehead atoms. The summed E-state index contributed by atoms with van der Waals surface area (Å²) < 4.78 is 0. The van der Waals surface area contributed by atoms with Crippen molar-refractivity contribution in [3.05, 3.63) is 29.3 Å². The average Bonchev–Trinajstić information content (AvgIpc) is 2.33. The molecule has 1 aromatic carbocycles. The Labute approximate surface area is 62.5 Å². The Balaban J connectivity index is 2.52. The summed E-state index contributed by atoms with van der Waals surface area (Å²) in [6, 6.07) is 6.81. The van der Waals surface area contributed by atoms with Gasteiger partial charge in [0.1, 0.15) is 0 Å². The molecule has 1 aromatic rings.